The lowest BCUT2D eigenvalue weighted by Gasteiger charge is -2.09. The molecule has 23 heavy (non-hydrogen) atoms. The molecule has 0 unspecified atom stereocenters. The number of carbonyl (C=O) groups excluding carboxylic acids is 3. The molecule has 0 aliphatic carbocycles. The van der Waals surface area contributed by atoms with Gasteiger partial charge in [0.05, 0.1) is 13.2 Å². The first kappa shape index (κ1) is 21.4. The smallest absolute Gasteiger partial charge is 0.345 e. The summed E-state index contributed by atoms with van der Waals surface area (Å²) in [6.07, 6.45) is 9.41. The lowest BCUT2D eigenvalue weighted by molar-refractivity contribution is -0.147. The summed E-state index contributed by atoms with van der Waals surface area (Å²) in [5, 5.41) is 0. The number of unbranched alkanes of at least 4 members (excludes halogenated alkanes) is 6. The lowest BCUT2D eigenvalue weighted by Crippen LogP contribution is -2.19. The maximum absolute atomic E-state index is 12.0. The Morgan fingerprint density at radius 2 is 1.30 bits per heavy atom. The van der Waals surface area contributed by atoms with Crippen molar-refractivity contribution in [3.05, 3.63) is 11.6 Å². The molecule has 0 fully saturated rings. The summed E-state index contributed by atoms with van der Waals surface area (Å²) in [4.78, 5) is 34.4. The zero-order valence-electron chi connectivity index (χ0n) is 14.5. The van der Waals surface area contributed by atoms with Crippen molar-refractivity contribution in [2.75, 3.05) is 13.2 Å². The minimum atomic E-state index is -0.632. The quantitative estimate of drug-likeness (QED) is 0.121. The van der Waals surface area contributed by atoms with Crippen molar-refractivity contribution in [3.63, 3.8) is 0 Å². The first-order valence-corrected chi connectivity index (χ1v) is 8.65. The first-order valence-electron chi connectivity index (χ1n) is 8.65. The molecule has 0 aromatic heterocycles. The van der Waals surface area contributed by atoms with Gasteiger partial charge in [0.1, 0.15) is 11.9 Å². The van der Waals surface area contributed by atoms with E-state index in [-0.39, 0.29) is 5.57 Å². The predicted octanol–water partition coefficient (Wildman–Crippen LogP) is 3.75. The topological polar surface area (TPSA) is 69.7 Å². The Morgan fingerprint density at radius 1 is 0.783 bits per heavy atom. The zero-order valence-corrected chi connectivity index (χ0v) is 14.5. The van der Waals surface area contributed by atoms with Gasteiger partial charge in [-0.05, 0) is 25.7 Å². The van der Waals surface area contributed by atoms with Gasteiger partial charge in [-0.25, -0.2) is 9.59 Å². The number of rotatable bonds is 14. The predicted molar refractivity (Wildman–Crippen MR) is 89.0 cm³/mol. The van der Waals surface area contributed by atoms with Crippen LogP contribution in [-0.4, -0.2) is 31.4 Å². The fraction of sp³-hybridized carbons (Fsp3) is 0.722. The molecule has 0 bridgehead atoms. The summed E-state index contributed by atoms with van der Waals surface area (Å²) in [7, 11) is 0. The van der Waals surface area contributed by atoms with Crippen molar-refractivity contribution in [2.24, 2.45) is 0 Å². The molecule has 5 heteroatoms. The molecule has 0 saturated carbocycles. The lowest BCUT2D eigenvalue weighted by atomic mass is 10.1. The van der Waals surface area contributed by atoms with Gasteiger partial charge in [0.15, 0.2) is 0 Å². The van der Waals surface area contributed by atoms with Gasteiger partial charge in [0.25, 0.3) is 0 Å². The number of hydrogen-bond donors (Lipinski definition) is 0. The third kappa shape index (κ3) is 11.6. The highest BCUT2D eigenvalue weighted by molar-refractivity contribution is 6.14. The minimum absolute atomic E-state index is 0.0519. The molecule has 0 N–H and O–H groups in total. The molecule has 0 atom stereocenters. The largest absolute Gasteiger partial charge is 0.462 e. The standard InChI is InChI=1S/C18H30O5/c1-3-5-10-14-22-17(20)16(12-8-7-9-13-19)18(21)23-15-11-6-4-2/h12-13H,3-11,14-15H2,1-2H3. The molecule has 0 aliphatic heterocycles. The van der Waals surface area contributed by atoms with Gasteiger partial charge < -0.3 is 14.3 Å². The summed E-state index contributed by atoms with van der Waals surface area (Å²) in [6.45, 7) is 4.74. The van der Waals surface area contributed by atoms with Crippen molar-refractivity contribution in [1.29, 1.82) is 0 Å². The number of carbonyl (C=O) groups is 3. The van der Waals surface area contributed by atoms with Crippen molar-refractivity contribution in [3.8, 4) is 0 Å². The van der Waals surface area contributed by atoms with E-state index in [1.807, 2.05) is 0 Å². The number of aldehydes is 1. The second-order valence-corrected chi connectivity index (χ2v) is 5.40. The van der Waals surface area contributed by atoms with E-state index in [2.05, 4.69) is 13.8 Å². The van der Waals surface area contributed by atoms with Crippen LogP contribution in [0, 0.1) is 0 Å². The molecular weight excluding hydrogens is 296 g/mol. The number of esters is 2. The van der Waals surface area contributed by atoms with Crippen LogP contribution in [0.15, 0.2) is 11.6 Å². The number of hydrogen-bond acceptors (Lipinski definition) is 5. The third-order valence-corrected chi connectivity index (χ3v) is 3.28. The van der Waals surface area contributed by atoms with E-state index in [0.29, 0.717) is 32.5 Å². The molecule has 0 heterocycles. The Labute approximate surface area is 139 Å². The van der Waals surface area contributed by atoms with Crippen LogP contribution in [0.1, 0.15) is 71.6 Å². The molecule has 0 aromatic rings. The minimum Gasteiger partial charge on any atom is -0.462 e. The molecular formula is C18H30O5. The van der Waals surface area contributed by atoms with Gasteiger partial charge in [-0.2, -0.15) is 0 Å². The van der Waals surface area contributed by atoms with E-state index < -0.39 is 11.9 Å². The number of allylic oxidation sites excluding steroid dienone is 1. The molecule has 0 spiro atoms. The van der Waals surface area contributed by atoms with Gasteiger partial charge in [0, 0.05) is 6.42 Å². The molecule has 0 aliphatic rings. The van der Waals surface area contributed by atoms with Crippen molar-refractivity contribution < 1.29 is 23.9 Å². The highest BCUT2D eigenvalue weighted by Gasteiger charge is 2.20. The first-order chi connectivity index (χ1) is 11.2. The third-order valence-electron chi connectivity index (χ3n) is 3.28. The summed E-state index contributed by atoms with van der Waals surface area (Å²) < 4.78 is 10.3. The summed E-state index contributed by atoms with van der Waals surface area (Å²) in [5.41, 5.74) is -0.0519. The Balaban J connectivity index is 4.49. The monoisotopic (exact) mass is 326 g/mol. The van der Waals surface area contributed by atoms with Gasteiger partial charge in [-0.3, -0.25) is 0 Å². The second-order valence-electron chi connectivity index (χ2n) is 5.40. The van der Waals surface area contributed by atoms with Crippen molar-refractivity contribution in [2.45, 2.75) is 71.6 Å². The van der Waals surface area contributed by atoms with Crippen molar-refractivity contribution in [1.82, 2.24) is 0 Å². The highest BCUT2D eigenvalue weighted by Crippen LogP contribution is 2.08. The van der Waals surface area contributed by atoms with Crippen molar-refractivity contribution >= 4 is 18.2 Å². The maximum atomic E-state index is 12.0. The molecule has 0 amide bonds. The zero-order chi connectivity index (χ0) is 17.3. The van der Waals surface area contributed by atoms with Gasteiger partial charge >= 0.3 is 11.9 Å². The van der Waals surface area contributed by atoms with E-state index >= 15 is 0 Å². The van der Waals surface area contributed by atoms with Crippen LogP contribution >= 0.6 is 0 Å². The fourth-order valence-electron chi connectivity index (χ4n) is 1.89. The second kappa shape index (κ2) is 15.3. The van der Waals surface area contributed by atoms with E-state index in [1.54, 1.807) is 0 Å². The Kier molecular flexibility index (Phi) is 14.2. The molecule has 0 rings (SSSR count). The van der Waals surface area contributed by atoms with Gasteiger partial charge in [-0.15, -0.1) is 0 Å². The van der Waals surface area contributed by atoms with E-state index in [9.17, 15) is 14.4 Å². The summed E-state index contributed by atoms with van der Waals surface area (Å²) in [5.74, 6) is -1.26. The fourth-order valence-corrected chi connectivity index (χ4v) is 1.89. The van der Waals surface area contributed by atoms with E-state index in [1.165, 1.54) is 6.08 Å². The molecule has 132 valence electrons. The maximum Gasteiger partial charge on any atom is 0.345 e. The van der Waals surface area contributed by atoms with Crippen LogP contribution in [-0.2, 0) is 23.9 Å². The van der Waals surface area contributed by atoms with Crippen LogP contribution in [0.5, 0.6) is 0 Å². The van der Waals surface area contributed by atoms with Crippen LogP contribution in [0.25, 0.3) is 0 Å². The Morgan fingerprint density at radius 3 is 1.74 bits per heavy atom. The Hall–Kier alpha value is -1.65. The SMILES string of the molecule is CCCCCOC(=O)C(=CCCCC=O)C(=O)OCCCCC. The van der Waals surface area contributed by atoms with E-state index in [4.69, 9.17) is 9.47 Å². The molecule has 0 aromatic carbocycles. The average Bonchev–Trinajstić information content (AvgIpc) is 2.55. The highest BCUT2D eigenvalue weighted by atomic mass is 16.6. The molecule has 5 nitrogen and oxygen atoms in total. The van der Waals surface area contributed by atoms with Gasteiger partial charge in [-0.1, -0.05) is 45.6 Å². The summed E-state index contributed by atoms with van der Waals surface area (Å²) in [6, 6.07) is 0. The van der Waals surface area contributed by atoms with Crippen LogP contribution in [0.2, 0.25) is 0 Å². The Bertz CT molecular complexity index is 348. The number of ether oxygens (including phenoxy) is 2. The average molecular weight is 326 g/mol. The van der Waals surface area contributed by atoms with Crippen LogP contribution in [0.4, 0.5) is 0 Å². The molecule has 0 saturated heterocycles. The van der Waals surface area contributed by atoms with Gasteiger partial charge in [0.2, 0.25) is 0 Å². The normalized spacial score (nSPS) is 10.0. The molecule has 0 radical (unpaired) electrons. The van der Waals surface area contributed by atoms with Crippen LogP contribution in [0.3, 0.4) is 0 Å². The van der Waals surface area contributed by atoms with E-state index in [0.717, 1.165) is 44.8 Å². The van der Waals surface area contributed by atoms with Crippen LogP contribution < -0.4 is 0 Å². The summed E-state index contributed by atoms with van der Waals surface area (Å²) >= 11 is 0.